The van der Waals surface area contributed by atoms with Crippen LogP contribution in [0.5, 0.6) is 11.5 Å². The van der Waals surface area contributed by atoms with Gasteiger partial charge in [0.2, 0.25) is 0 Å². The highest BCUT2D eigenvalue weighted by atomic mass is 35.5. The van der Waals surface area contributed by atoms with Crippen LogP contribution in [0.25, 0.3) is 6.08 Å². The number of amides is 1. The third-order valence-corrected chi connectivity index (χ3v) is 6.47. The van der Waals surface area contributed by atoms with E-state index < -0.39 is 5.97 Å². The molecule has 1 aliphatic heterocycles. The number of likely N-dealkylation sites (N-methyl/N-ethyl adjacent to an activating group) is 1. The summed E-state index contributed by atoms with van der Waals surface area (Å²) < 4.78 is 11.7. The molecule has 0 spiro atoms. The van der Waals surface area contributed by atoms with E-state index in [0.717, 1.165) is 11.1 Å². The number of ether oxygens (including phenoxy) is 2. The summed E-state index contributed by atoms with van der Waals surface area (Å²) in [5.74, 6) is -0.0854. The van der Waals surface area contributed by atoms with E-state index in [1.807, 2.05) is 49.4 Å². The average Bonchev–Trinajstić information content (AvgIpc) is 3.11. The number of amidine groups is 1. The van der Waals surface area contributed by atoms with Gasteiger partial charge in [0.15, 0.2) is 16.7 Å². The molecule has 1 aliphatic rings. The van der Waals surface area contributed by atoms with Gasteiger partial charge in [0.05, 0.1) is 22.8 Å². The lowest BCUT2D eigenvalue weighted by atomic mass is 10.1. The zero-order valence-corrected chi connectivity index (χ0v) is 21.2. The van der Waals surface area contributed by atoms with E-state index >= 15 is 0 Å². The molecule has 0 saturated carbocycles. The third kappa shape index (κ3) is 6.08. The van der Waals surface area contributed by atoms with E-state index in [1.165, 1.54) is 28.8 Å². The fourth-order valence-electron chi connectivity index (χ4n) is 3.41. The molecule has 1 amide bonds. The molecule has 0 bridgehead atoms. The summed E-state index contributed by atoms with van der Waals surface area (Å²) >= 11 is 7.27. The van der Waals surface area contributed by atoms with Crippen LogP contribution >= 0.6 is 23.4 Å². The second kappa shape index (κ2) is 11.3. The Kier molecular flexibility index (Phi) is 7.97. The molecular weight excluding hydrogens is 500 g/mol. The minimum Gasteiger partial charge on any atom is -0.490 e. The Morgan fingerprint density at radius 1 is 1.08 bits per heavy atom. The highest BCUT2D eigenvalue weighted by Crippen LogP contribution is 2.35. The molecule has 4 rings (SSSR count). The number of carbonyl (C=O) groups excluding carboxylic acids is 1. The second-order valence-corrected chi connectivity index (χ2v) is 9.23. The summed E-state index contributed by atoms with van der Waals surface area (Å²) in [7, 11) is 1.63. The van der Waals surface area contributed by atoms with Crippen molar-refractivity contribution in [2.45, 2.75) is 13.5 Å². The molecule has 0 atom stereocenters. The monoisotopic (exact) mass is 522 g/mol. The molecule has 36 heavy (non-hydrogen) atoms. The number of aliphatic imine (C=N–C) groups is 1. The summed E-state index contributed by atoms with van der Waals surface area (Å²) in [6.45, 7) is 2.68. The van der Waals surface area contributed by atoms with Crippen LogP contribution in [0.1, 0.15) is 28.4 Å². The molecule has 184 valence electrons. The first-order valence-corrected chi connectivity index (χ1v) is 12.3. The number of rotatable bonds is 8. The van der Waals surface area contributed by atoms with E-state index in [4.69, 9.17) is 21.1 Å². The Morgan fingerprint density at radius 2 is 1.89 bits per heavy atom. The van der Waals surface area contributed by atoms with Crippen molar-refractivity contribution in [1.82, 2.24) is 4.90 Å². The molecule has 7 nitrogen and oxygen atoms in total. The lowest BCUT2D eigenvalue weighted by Crippen LogP contribution is -2.23. The van der Waals surface area contributed by atoms with Crippen molar-refractivity contribution in [3.8, 4) is 11.5 Å². The van der Waals surface area contributed by atoms with Crippen molar-refractivity contribution >= 4 is 52.2 Å². The summed E-state index contributed by atoms with van der Waals surface area (Å²) in [6.07, 6.45) is 1.77. The standard InChI is InChI=1S/C27H23ClN2O5S/c1-3-34-23-13-17(10-11-22(23)35-16-18-6-4-8-20(28)12-18)14-24-25(31)30(2)27(36-24)29-21-9-5-7-19(15-21)26(32)33/h4-15H,3,16H2,1-2H3,(H,32,33)/b24-14-,29-27?. The number of carboxylic acids is 1. The summed E-state index contributed by atoms with van der Waals surface area (Å²) in [6, 6.07) is 19.2. The fourth-order valence-corrected chi connectivity index (χ4v) is 4.61. The average molecular weight is 523 g/mol. The molecule has 0 aliphatic carbocycles. The summed E-state index contributed by atoms with van der Waals surface area (Å²) in [4.78, 5) is 30.5. The van der Waals surface area contributed by atoms with Gasteiger partial charge >= 0.3 is 5.97 Å². The molecule has 0 radical (unpaired) electrons. The third-order valence-electron chi connectivity index (χ3n) is 5.17. The smallest absolute Gasteiger partial charge is 0.335 e. The van der Waals surface area contributed by atoms with Crippen LogP contribution in [0, 0.1) is 0 Å². The largest absolute Gasteiger partial charge is 0.490 e. The molecule has 0 aromatic heterocycles. The van der Waals surface area contributed by atoms with Crippen LogP contribution < -0.4 is 9.47 Å². The van der Waals surface area contributed by atoms with Gasteiger partial charge in [-0.15, -0.1) is 0 Å². The zero-order chi connectivity index (χ0) is 25.7. The molecular formula is C27H23ClN2O5S. The van der Waals surface area contributed by atoms with Gasteiger partial charge < -0.3 is 14.6 Å². The molecule has 1 fully saturated rings. The molecule has 3 aromatic carbocycles. The number of hydrogen-bond acceptors (Lipinski definition) is 6. The highest BCUT2D eigenvalue weighted by molar-refractivity contribution is 8.18. The van der Waals surface area contributed by atoms with Gasteiger partial charge in [0.25, 0.3) is 5.91 Å². The predicted octanol–water partition coefficient (Wildman–Crippen LogP) is 6.25. The van der Waals surface area contributed by atoms with E-state index in [-0.39, 0.29) is 11.5 Å². The fraction of sp³-hybridized carbons (Fsp3) is 0.148. The zero-order valence-electron chi connectivity index (χ0n) is 19.6. The Labute approximate surface area is 218 Å². The van der Waals surface area contributed by atoms with Gasteiger partial charge in [-0.25, -0.2) is 9.79 Å². The Balaban J connectivity index is 1.55. The van der Waals surface area contributed by atoms with Gasteiger partial charge in [0.1, 0.15) is 6.61 Å². The predicted molar refractivity (Wildman–Crippen MR) is 142 cm³/mol. The Morgan fingerprint density at radius 3 is 2.64 bits per heavy atom. The van der Waals surface area contributed by atoms with Gasteiger partial charge in [-0.05, 0) is 78.4 Å². The lowest BCUT2D eigenvalue weighted by Gasteiger charge is -2.13. The molecule has 1 heterocycles. The van der Waals surface area contributed by atoms with Crippen molar-refractivity contribution in [2.24, 2.45) is 4.99 Å². The number of halogens is 1. The number of hydrogen-bond donors (Lipinski definition) is 1. The Bertz CT molecular complexity index is 1370. The van der Waals surface area contributed by atoms with Gasteiger partial charge in [0, 0.05) is 12.1 Å². The van der Waals surface area contributed by atoms with Crippen LogP contribution in [0.2, 0.25) is 5.02 Å². The molecule has 0 unspecified atom stereocenters. The van der Waals surface area contributed by atoms with E-state index in [2.05, 4.69) is 4.99 Å². The quantitative estimate of drug-likeness (QED) is 0.352. The molecule has 3 aromatic rings. The number of nitrogens with zero attached hydrogens (tertiary/aromatic N) is 2. The topological polar surface area (TPSA) is 88.4 Å². The maximum atomic E-state index is 12.8. The van der Waals surface area contributed by atoms with Gasteiger partial charge in [-0.2, -0.15) is 0 Å². The van der Waals surface area contributed by atoms with E-state index in [1.54, 1.807) is 25.3 Å². The van der Waals surface area contributed by atoms with E-state index in [9.17, 15) is 14.7 Å². The molecule has 1 saturated heterocycles. The van der Waals surface area contributed by atoms with E-state index in [0.29, 0.717) is 45.5 Å². The van der Waals surface area contributed by atoms with Crippen LogP contribution in [0.15, 0.2) is 76.6 Å². The van der Waals surface area contributed by atoms with Crippen molar-refractivity contribution in [3.63, 3.8) is 0 Å². The van der Waals surface area contributed by atoms with Crippen molar-refractivity contribution < 1.29 is 24.2 Å². The lowest BCUT2D eigenvalue weighted by molar-refractivity contribution is -0.121. The van der Waals surface area contributed by atoms with Crippen LogP contribution in [0.3, 0.4) is 0 Å². The highest BCUT2D eigenvalue weighted by Gasteiger charge is 2.30. The summed E-state index contributed by atoms with van der Waals surface area (Å²) in [5, 5.41) is 10.3. The maximum absolute atomic E-state index is 12.8. The number of benzene rings is 3. The molecule has 1 N–H and O–H groups in total. The van der Waals surface area contributed by atoms with Crippen molar-refractivity contribution in [2.75, 3.05) is 13.7 Å². The van der Waals surface area contributed by atoms with Crippen LogP contribution in [0.4, 0.5) is 5.69 Å². The van der Waals surface area contributed by atoms with Gasteiger partial charge in [-0.1, -0.05) is 35.9 Å². The minimum absolute atomic E-state index is 0.130. The van der Waals surface area contributed by atoms with Crippen LogP contribution in [-0.4, -0.2) is 40.7 Å². The SMILES string of the molecule is CCOc1cc(/C=C2\SC(=Nc3cccc(C(=O)O)c3)N(C)C2=O)ccc1OCc1cccc(Cl)c1. The van der Waals surface area contributed by atoms with Crippen molar-refractivity contribution in [3.05, 3.63) is 93.3 Å². The van der Waals surface area contributed by atoms with Gasteiger partial charge in [-0.3, -0.25) is 9.69 Å². The molecule has 9 heteroatoms. The van der Waals surface area contributed by atoms with Crippen molar-refractivity contribution in [1.29, 1.82) is 0 Å². The summed E-state index contributed by atoms with van der Waals surface area (Å²) in [5.41, 5.74) is 2.30. The minimum atomic E-state index is -1.04. The number of aromatic carboxylic acids is 1. The second-order valence-electron chi connectivity index (χ2n) is 7.78. The number of carbonyl (C=O) groups is 2. The maximum Gasteiger partial charge on any atom is 0.335 e. The first-order chi connectivity index (χ1) is 17.3. The number of carboxylic acid groups (broad SMARTS) is 1. The first-order valence-electron chi connectivity index (χ1n) is 11.1. The van der Waals surface area contributed by atoms with Crippen LogP contribution in [-0.2, 0) is 11.4 Å². The first kappa shape index (κ1) is 25.3. The Hall–Kier alpha value is -3.75. The number of thioether (sulfide) groups is 1. The normalized spacial score (nSPS) is 15.5.